The van der Waals surface area contributed by atoms with Gasteiger partial charge in [0.2, 0.25) is 0 Å². The van der Waals surface area contributed by atoms with Crippen LogP contribution in [0, 0.1) is 6.92 Å². The van der Waals surface area contributed by atoms with Crippen LogP contribution in [0.25, 0.3) is 0 Å². The number of nitrogens with zero attached hydrogens (tertiary/aromatic N) is 4. The highest BCUT2D eigenvalue weighted by molar-refractivity contribution is 5.92. The summed E-state index contributed by atoms with van der Waals surface area (Å²) < 4.78 is 25.5. The van der Waals surface area contributed by atoms with Crippen LogP contribution in [-0.2, 0) is 6.42 Å². The molecular weight excluding hydrogens is 290 g/mol. The van der Waals surface area contributed by atoms with Gasteiger partial charge < -0.3 is 4.90 Å². The van der Waals surface area contributed by atoms with E-state index in [0.29, 0.717) is 11.1 Å². The maximum atomic E-state index is 12.5. The summed E-state index contributed by atoms with van der Waals surface area (Å²) in [4.78, 5) is 18.0. The van der Waals surface area contributed by atoms with Crippen LogP contribution in [0.4, 0.5) is 8.78 Å². The second-order valence-corrected chi connectivity index (χ2v) is 5.25. The number of pyridine rings is 1. The van der Waals surface area contributed by atoms with Crippen molar-refractivity contribution in [3.63, 3.8) is 0 Å². The van der Waals surface area contributed by atoms with Crippen LogP contribution in [0.3, 0.4) is 0 Å². The van der Waals surface area contributed by atoms with Gasteiger partial charge in [-0.15, -0.1) is 0 Å². The quantitative estimate of drug-likeness (QED) is 0.853. The van der Waals surface area contributed by atoms with Crippen molar-refractivity contribution in [2.75, 3.05) is 7.05 Å². The minimum Gasteiger partial charge on any atom is -0.337 e. The summed E-state index contributed by atoms with van der Waals surface area (Å²) in [7, 11) is 1.63. The molecule has 1 atom stereocenters. The third kappa shape index (κ3) is 3.66. The smallest absolute Gasteiger partial charge is 0.333 e. The minimum atomic E-state index is -2.75. The molecule has 1 amide bonds. The molecule has 22 heavy (non-hydrogen) atoms. The van der Waals surface area contributed by atoms with Crippen molar-refractivity contribution < 1.29 is 13.6 Å². The van der Waals surface area contributed by atoms with Crippen LogP contribution in [0.1, 0.15) is 35.2 Å². The van der Waals surface area contributed by atoms with E-state index in [0.717, 1.165) is 17.5 Å². The van der Waals surface area contributed by atoms with Gasteiger partial charge in [0.25, 0.3) is 5.91 Å². The second kappa shape index (κ2) is 6.64. The summed E-state index contributed by atoms with van der Waals surface area (Å²) in [6, 6.07) is 5.03. The molecule has 0 aliphatic heterocycles. The first-order valence-electron chi connectivity index (χ1n) is 6.90. The van der Waals surface area contributed by atoms with Crippen LogP contribution < -0.4 is 0 Å². The van der Waals surface area contributed by atoms with Crippen molar-refractivity contribution in [3.8, 4) is 0 Å². The molecule has 2 aromatic rings. The molecule has 0 fully saturated rings. The fourth-order valence-electron chi connectivity index (χ4n) is 2.09. The monoisotopic (exact) mass is 308 g/mol. The number of aromatic nitrogens is 3. The van der Waals surface area contributed by atoms with Crippen molar-refractivity contribution in [2.24, 2.45) is 0 Å². The van der Waals surface area contributed by atoms with Gasteiger partial charge in [0, 0.05) is 37.6 Å². The molecule has 0 aromatic carbocycles. The summed E-state index contributed by atoms with van der Waals surface area (Å²) in [6.07, 6.45) is 3.40. The van der Waals surface area contributed by atoms with Gasteiger partial charge in [0.15, 0.2) is 5.69 Å². The summed E-state index contributed by atoms with van der Waals surface area (Å²) >= 11 is 0. The molecule has 0 N–H and O–H groups in total. The number of hydrogen-bond donors (Lipinski definition) is 0. The van der Waals surface area contributed by atoms with Crippen LogP contribution in [-0.4, -0.2) is 38.7 Å². The van der Waals surface area contributed by atoms with Gasteiger partial charge in [-0.3, -0.25) is 9.78 Å². The summed E-state index contributed by atoms with van der Waals surface area (Å²) in [5.74, 6) is -0.389. The fraction of sp³-hybridized carbons (Fsp3) is 0.400. The van der Waals surface area contributed by atoms with Gasteiger partial charge in [-0.05, 0) is 37.6 Å². The van der Waals surface area contributed by atoms with E-state index < -0.39 is 6.55 Å². The van der Waals surface area contributed by atoms with Crippen molar-refractivity contribution in [1.29, 1.82) is 0 Å². The van der Waals surface area contributed by atoms with Crippen molar-refractivity contribution >= 4 is 5.91 Å². The maximum Gasteiger partial charge on any atom is 0.333 e. The molecule has 0 radical (unpaired) electrons. The van der Waals surface area contributed by atoms with Crippen LogP contribution in [0.15, 0.2) is 30.6 Å². The van der Waals surface area contributed by atoms with E-state index in [4.69, 9.17) is 0 Å². The summed E-state index contributed by atoms with van der Waals surface area (Å²) in [6.45, 7) is 1.11. The van der Waals surface area contributed by atoms with Crippen molar-refractivity contribution in [3.05, 3.63) is 47.5 Å². The molecule has 5 nitrogen and oxygen atoms in total. The zero-order chi connectivity index (χ0) is 16.3. The molecule has 118 valence electrons. The average molecular weight is 308 g/mol. The van der Waals surface area contributed by atoms with E-state index in [9.17, 15) is 13.6 Å². The lowest BCUT2D eigenvalue weighted by Crippen LogP contribution is -2.37. The Hall–Kier alpha value is -2.31. The van der Waals surface area contributed by atoms with E-state index in [1.54, 1.807) is 13.2 Å². The first kappa shape index (κ1) is 16.1. The summed E-state index contributed by atoms with van der Waals surface area (Å²) in [5, 5.41) is 3.59. The van der Waals surface area contributed by atoms with Gasteiger partial charge in [-0.25, -0.2) is 4.68 Å². The van der Waals surface area contributed by atoms with Gasteiger partial charge in [0.1, 0.15) is 0 Å². The minimum absolute atomic E-state index is 0.00634. The number of carbonyl (C=O) groups is 1. The number of halogens is 2. The van der Waals surface area contributed by atoms with Crippen molar-refractivity contribution in [1.82, 2.24) is 19.7 Å². The SMILES string of the molecule is Cc1ccnc(CC(C)N(C)C(=O)c2ccn(C(F)F)n2)c1. The standard InChI is InChI=1S/C15H18F2N4O/c1-10-4-6-18-12(8-10)9-11(2)20(3)14(22)13-5-7-21(19-13)15(16)17/h4-8,11,15H,9H2,1-3H3. The molecule has 0 saturated heterocycles. The van der Waals surface area contributed by atoms with E-state index in [1.165, 1.54) is 11.0 Å². The Balaban J connectivity index is 2.05. The largest absolute Gasteiger partial charge is 0.337 e. The average Bonchev–Trinajstić information content (AvgIpc) is 2.95. The molecule has 0 aliphatic rings. The summed E-state index contributed by atoms with van der Waals surface area (Å²) in [5.41, 5.74) is 1.99. The Kier molecular flexibility index (Phi) is 4.85. The molecular formula is C15H18F2N4O. The van der Waals surface area contributed by atoms with Crippen LogP contribution in [0.5, 0.6) is 0 Å². The van der Waals surface area contributed by atoms with E-state index in [-0.39, 0.29) is 17.6 Å². The second-order valence-electron chi connectivity index (χ2n) is 5.25. The Morgan fingerprint density at radius 2 is 2.14 bits per heavy atom. The number of amides is 1. The van der Waals surface area contributed by atoms with E-state index in [1.807, 2.05) is 26.0 Å². The molecule has 0 aliphatic carbocycles. The first-order chi connectivity index (χ1) is 10.4. The van der Waals surface area contributed by atoms with Crippen molar-refractivity contribution in [2.45, 2.75) is 32.9 Å². The van der Waals surface area contributed by atoms with E-state index in [2.05, 4.69) is 10.1 Å². The fourth-order valence-corrected chi connectivity index (χ4v) is 2.09. The van der Waals surface area contributed by atoms with Gasteiger partial charge >= 0.3 is 6.55 Å². The molecule has 0 bridgehead atoms. The Morgan fingerprint density at radius 1 is 1.41 bits per heavy atom. The van der Waals surface area contributed by atoms with Gasteiger partial charge in [-0.1, -0.05) is 0 Å². The molecule has 2 aromatic heterocycles. The molecule has 7 heteroatoms. The highest BCUT2D eigenvalue weighted by Crippen LogP contribution is 2.13. The van der Waals surface area contributed by atoms with Gasteiger partial charge in [0.05, 0.1) is 0 Å². The normalized spacial score (nSPS) is 12.5. The molecule has 2 rings (SSSR count). The van der Waals surface area contributed by atoms with E-state index >= 15 is 0 Å². The Labute approximate surface area is 127 Å². The lowest BCUT2D eigenvalue weighted by molar-refractivity contribution is 0.0550. The number of rotatable bonds is 5. The van der Waals surface area contributed by atoms with Crippen LogP contribution in [0.2, 0.25) is 0 Å². The Morgan fingerprint density at radius 3 is 2.73 bits per heavy atom. The molecule has 0 spiro atoms. The zero-order valence-corrected chi connectivity index (χ0v) is 12.7. The number of carbonyl (C=O) groups excluding carboxylic acids is 1. The van der Waals surface area contributed by atoms with Gasteiger partial charge in [-0.2, -0.15) is 13.9 Å². The first-order valence-corrected chi connectivity index (χ1v) is 6.90. The highest BCUT2D eigenvalue weighted by Gasteiger charge is 2.21. The number of alkyl halides is 2. The predicted octanol–water partition coefficient (Wildman–Crippen LogP) is 2.68. The maximum absolute atomic E-state index is 12.5. The highest BCUT2D eigenvalue weighted by atomic mass is 19.3. The third-order valence-electron chi connectivity index (χ3n) is 3.49. The topological polar surface area (TPSA) is 51.0 Å². The number of likely N-dealkylation sites (N-methyl/N-ethyl adjacent to an activating group) is 1. The third-order valence-corrected chi connectivity index (χ3v) is 3.49. The van der Waals surface area contributed by atoms with Crippen LogP contribution >= 0.6 is 0 Å². The zero-order valence-electron chi connectivity index (χ0n) is 12.7. The lowest BCUT2D eigenvalue weighted by atomic mass is 10.1. The lowest BCUT2D eigenvalue weighted by Gasteiger charge is -2.24. The molecule has 2 heterocycles. The molecule has 0 saturated carbocycles. The molecule has 1 unspecified atom stereocenters. The Bertz CT molecular complexity index is 656. The number of hydrogen-bond acceptors (Lipinski definition) is 3. The number of aryl methyl sites for hydroxylation is 1. The predicted molar refractivity (Wildman–Crippen MR) is 77.7 cm³/mol.